The number of carbonyl (C=O) groups excluding carboxylic acids is 2. The molecule has 29 heavy (non-hydrogen) atoms. The molecule has 4 rings (SSSR count). The first kappa shape index (κ1) is 19.4. The van der Waals surface area contributed by atoms with Crippen molar-refractivity contribution in [3.05, 3.63) is 59.4 Å². The summed E-state index contributed by atoms with van der Waals surface area (Å²) in [6.07, 6.45) is -4.40. The smallest absolute Gasteiger partial charge is 0.369 e. The molecular formula is C20H17F4N3O2. The second kappa shape index (κ2) is 7.14. The highest BCUT2D eigenvalue weighted by atomic mass is 19.4. The molecule has 2 aromatic rings. The van der Waals surface area contributed by atoms with E-state index in [2.05, 4.69) is 0 Å². The number of halogens is 4. The van der Waals surface area contributed by atoms with E-state index in [1.54, 1.807) is 6.07 Å². The highest BCUT2D eigenvalue weighted by molar-refractivity contribution is 6.52. The van der Waals surface area contributed by atoms with Gasteiger partial charge in [-0.1, -0.05) is 6.07 Å². The van der Waals surface area contributed by atoms with Crippen LogP contribution in [0.4, 0.5) is 28.9 Å². The summed E-state index contributed by atoms with van der Waals surface area (Å²) in [7, 11) is 0. The van der Waals surface area contributed by atoms with Crippen LogP contribution in [0.2, 0.25) is 0 Å². The van der Waals surface area contributed by atoms with Crippen molar-refractivity contribution in [1.29, 1.82) is 0 Å². The van der Waals surface area contributed by atoms with Crippen molar-refractivity contribution in [2.24, 2.45) is 0 Å². The van der Waals surface area contributed by atoms with Crippen LogP contribution in [0.5, 0.6) is 0 Å². The number of nitrogens with zero attached hydrogens (tertiary/aromatic N) is 3. The van der Waals surface area contributed by atoms with Crippen molar-refractivity contribution in [1.82, 2.24) is 4.90 Å². The molecule has 2 aliphatic rings. The molecule has 0 unspecified atom stereocenters. The monoisotopic (exact) mass is 407 g/mol. The van der Waals surface area contributed by atoms with Gasteiger partial charge in [-0.05, 0) is 36.4 Å². The second-order valence-corrected chi connectivity index (χ2v) is 7.02. The molecule has 1 fully saturated rings. The lowest BCUT2D eigenvalue weighted by Gasteiger charge is -2.37. The Hall–Kier alpha value is -2.94. The van der Waals surface area contributed by atoms with Crippen molar-refractivity contribution in [3.63, 3.8) is 0 Å². The number of hydrogen-bond donors (Lipinski definition) is 0. The summed E-state index contributed by atoms with van der Waals surface area (Å²) < 4.78 is 52.3. The molecule has 1 amide bonds. The minimum atomic E-state index is -4.40. The summed E-state index contributed by atoms with van der Waals surface area (Å²) >= 11 is 0. The molecule has 2 aromatic carbocycles. The Morgan fingerprint density at radius 3 is 2.34 bits per heavy atom. The Morgan fingerprint density at radius 2 is 1.66 bits per heavy atom. The van der Waals surface area contributed by atoms with Crippen LogP contribution in [0.15, 0.2) is 42.5 Å². The quantitative estimate of drug-likeness (QED) is 0.579. The third-order valence-electron chi connectivity index (χ3n) is 5.19. The van der Waals surface area contributed by atoms with Gasteiger partial charge in [-0.25, -0.2) is 4.39 Å². The second-order valence-electron chi connectivity index (χ2n) is 7.02. The number of ketones is 1. The third-order valence-corrected chi connectivity index (χ3v) is 5.19. The van der Waals surface area contributed by atoms with Crippen molar-refractivity contribution < 1.29 is 27.2 Å². The van der Waals surface area contributed by atoms with Crippen LogP contribution in [0, 0.1) is 5.82 Å². The molecule has 0 aliphatic carbocycles. The fourth-order valence-corrected chi connectivity index (χ4v) is 3.63. The number of anilines is 2. The van der Waals surface area contributed by atoms with E-state index in [0.29, 0.717) is 31.9 Å². The van der Waals surface area contributed by atoms with E-state index >= 15 is 0 Å². The molecule has 0 N–H and O–H groups in total. The van der Waals surface area contributed by atoms with Gasteiger partial charge in [0.25, 0.3) is 5.78 Å². The fourth-order valence-electron chi connectivity index (χ4n) is 3.63. The Morgan fingerprint density at radius 1 is 0.931 bits per heavy atom. The van der Waals surface area contributed by atoms with Gasteiger partial charge in [0.2, 0.25) is 0 Å². The lowest BCUT2D eigenvalue weighted by Crippen LogP contribution is -2.51. The zero-order valence-corrected chi connectivity index (χ0v) is 15.2. The van der Waals surface area contributed by atoms with Gasteiger partial charge in [-0.3, -0.25) is 19.4 Å². The average Bonchev–Trinajstić information content (AvgIpc) is 2.92. The van der Waals surface area contributed by atoms with Gasteiger partial charge in [-0.15, -0.1) is 0 Å². The largest absolute Gasteiger partial charge is 0.416 e. The summed E-state index contributed by atoms with van der Waals surface area (Å²) in [4.78, 5) is 29.4. The Labute approximate surface area is 164 Å². The molecule has 2 aliphatic heterocycles. The van der Waals surface area contributed by atoms with Gasteiger partial charge < -0.3 is 4.90 Å². The topological polar surface area (TPSA) is 43.9 Å². The van der Waals surface area contributed by atoms with E-state index < -0.39 is 29.2 Å². The Balaban J connectivity index is 1.43. The number of alkyl halides is 3. The predicted octanol–water partition coefficient (Wildman–Crippen LogP) is 3.15. The maximum absolute atomic E-state index is 13.6. The number of hydrogen-bond acceptors (Lipinski definition) is 4. The van der Waals surface area contributed by atoms with Crippen LogP contribution >= 0.6 is 0 Å². The van der Waals surface area contributed by atoms with Crippen molar-refractivity contribution in [2.75, 3.05) is 42.6 Å². The number of rotatable bonds is 3. The number of carbonyl (C=O) groups is 2. The molecule has 0 atom stereocenters. The van der Waals surface area contributed by atoms with Crippen LogP contribution in [0.25, 0.3) is 0 Å². The SMILES string of the molecule is O=C1C(=O)N(CN2CCN(c3cccc(C(F)(F)F)c3)CC2)c2cc(F)ccc21. The normalized spacial score (nSPS) is 17.8. The molecule has 9 heteroatoms. The minimum absolute atomic E-state index is 0.122. The molecule has 1 saturated heterocycles. The lowest BCUT2D eigenvalue weighted by molar-refractivity contribution is -0.137. The molecule has 0 spiro atoms. The van der Waals surface area contributed by atoms with E-state index in [1.165, 1.54) is 17.0 Å². The summed E-state index contributed by atoms with van der Waals surface area (Å²) in [6.45, 7) is 2.02. The van der Waals surface area contributed by atoms with E-state index in [-0.39, 0.29) is 17.9 Å². The van der Waals surface area contributed by atoms with E-state index in [0.717, 1.165) is 24.3 Å². The summed E-state index contributed by atoms with van der Waals surface area (Å²) in [6, 6.07) is 8.77. The summed E-state index contributed by atoms with van der Waals surface area (Å²) in [5.74, 6) is -1.90. The minimum Gasteiger partial charge on any atom is -0.369 e. The van der Waals surface area contributed by atoms with Crippen molar-refractivity contribution in [3.8, 4) is 0 Å². The zero-order valence-electron chi connectivity index (χ0n) is 15.2. The average molecular weight is 407 g/mol. The van der Waals surface area contributed by atoms with Crippen molar-refractivity contribution in [2.45, 2.75) is 6.18 Å². The molecule has 5 nitrogen and oxygen atoms in total. The molecule has 0 aromatic heterocycles. The number of fused-ring (bicyclic) bond motifs is 1. The van der Waals surface area contributed by atoms with E-state index in [9.17, 15) is 27.2 Å². The maximum Gasteiger partial charge on any atom is 0.416 e. The number of benzene rings is 2. The molecule has 0 saturated carbocycles. The van der Waals surface area contributed by atoms with E-state index in [4.69, 9.17) is 0 Å². The molecule has 0 radical (unpaired) electrons. The van der Waals surface area contributed by atoms with Crippen molar-refractivity contribution >= 4 is 23.1 Å². The fraction of sp³-hybridized carbons (Fsp3) is 0.300. The molecule has 152 valence electrons. The van der Waals surface area contributed by atoms with Crippen LogP contribution in [-0.4, -0.2) is 49.4 Å². The van der Waals surface area contributed by atoms with Crippen LogP contribution < -0.4 is 9.80 Å². The number of Topliss-reactive ketones (excluding diaryl/α,β-unsaturated/α-hetero) is 1. The van der Waals surface area contributed by atoms with Gasteiger partial charge in [0.15, 0.2) is 0 Å². The Bertz CT molecular complexity index is 968. The third kappa shape index (κ3) is 3.69. The highest BCUT2D eigenvalue weighted by Crippen LogP contribution is 2.32. The predicted molar refractivity (Wildman–Crippen MR) is 98.3 cm³/mol. The first-order valence-corrected chi connectivity index (χ1v) is 9.04. The van der Waals surface area contributed by atoms with Gasteiger partial charge >= 0.3 is 12.1 Å². The van der Waals surface area contributed by atoms with Crippen LogP contribution in [0.3, 0.4) is 0 Å². The van der Waals surface area contributed by atoms with E-state index in [1.807, 2.05) is 9.80 Å². The standard InChI is InChI=1S/C20H17F4N3O2/c21-14-4-5-16-17(11-14)27(19(29)18(16)28)12-25-6-8-26(9-7-25)15-3-1-2-13(10-15)20(22,23)24/h1-5,10-11H,6-9,12H2. The van der Waals surface area contributed by atoms with Gasteiger partial charge in [0.1, 0.15) is 5.82 Å². The summed E-state index contributed by atoms with van der Waals surface area (Å²) in [5, 5.41) is 0. The molecular weight excluding hydrogens is 390 g/mol. The molecule has 2 heterocycles. The molecule has 0 bridgehead atoms. The van der Waals surface area contributed by atoms with Gasteiger partial charge in [0.05, 0.1) is 23.5 Å². The summed E-state index contributed by atoms with van der Waals surface area (Å²) in [5.41, 5.74) is 0.218. The lowest BCUT2D eigenvalue weighted by atomic mass is 10.1. The Kier molecular flexibility index (Phi) is 4.77. The first-order chi connectivity index (χ1) is 13.7. The van der Waals surface area contributed by atoms with Gasteiger partial charge in [0, 0.05) is 31.9 Å². The maximum atomic E-state index is 13.6. The number of piperazine rings is 1. The zero-order chi connectivity index (χ0) is 20.8. The number of amides is 1. The highest BCUT2D eigenvalue weighted by Gasteiger charge is 2.37. The first-order valence-electron chi connectivity index (χ1n) is 9.04. The van der Waals surface area contributed by atoms with Gasteiger partial charge in [-0.2, -0.15) is 13.2 Å². The van der Waals surface area contributed by atoms with Crippen LogP contribution in [-0.2, 0) is 11.0 Å². The van der Waals surface area contributed by atoms with Crippen LogP contribution in [0.1, 0.15) is 15.9 Å².